The Bertz CT molecular complexity index is 698. The Morgan fingerprint density at radius 1 is 1.38 bits per heavy atom. The molecule has 0 unspecified atom stereocenters. The van der Waals surface area contributed by atoms with Gasteiger partial charge in [0, 0.05) is 16.5 Å². The van der Waals surface area contributed by atoms with Crippen LogP contribution in [0, 0.1) is 6.92 Å². The fourth-order valence-corrected chi connectivity index (χ4v) is 2.93. The van der Waals surface area contributed by atoms with Gasteiger partial charge >= 0.3 is 5.97 Å². The summed E-state index contributed by atoms with van der Waals surface area (Å²) in [5, 5.41) is 9.43. The van der Waals surface area contributed by atoms with Gasteiger partial charge in [-0.25, -0.2) is 4.98 Å². The molecule has 0 radical (unpaired) electrons. The lowest BCUT2D eigenvalue weighted by molar-refractivity contribution is -0.136. The second-order valence-electron chi connectivity index (χ2n) is 4.68. The summed E-state index contributed by atoms with van der Waals surface area (Å²) in [4.78, 5) is 29.6. The monoisotopic (exact) mass is 304 g/mol. The third-order valence-electron chi connectivity index (χ3n) is 3.09. The largest absolute Gasteiger partial charge is 0.481 e. The van der Waals surface area contributed by atoms with Crippen LogP contribution in [0.3, 0.4) is 0 Å². The number of carboxylic acid groups (broad SMARTS) is 1. The van der Waals surface area contributed by atoms with E-state index in [4.69, 9.17) is 5.11 Å². The fraction of sp³-hybridized carbons (Fsp3) is 0.267. The number of nitrogens with zero attached hydrogens (tertiary/aromatic N) is 1. The number of benzene rings is 1. The van der Waals surface area contributed by atoms with Crippen LogP contribution in [0.25, 0.3) is 0 Å². The zero-order chi connectivity index (χ0) is 15.4. The summed E-state index contributed by atoms with van der Waals surface area (Å²) < 4.78 is 0. The van der Waals surface area contributed by atoms with E-state index in [0.29, 0.717) is 10.9 Å². The first kappa shape index (κ1) is 15.3. The maximum absolute atomic E-state index is 11.9. The molecule has 110 valence electrons. The number of thioether (sulfide) groups is 1. The van der Waals surface area contributed by atoms with Gasteiger partial charge in [0.05, 0.1) is 6.42 Å². The van der Waals surface area contributed by atoms with Gasteiger partial charge in [0.25, 0.3) is 5.56 Å². The molecule has 21 heavy (non-hydrogen) atoms. The highest BCUT2D eigenvalue weighted by Gasteiger charge is 2.14. The molecule has 0 saturated heterocycles. The van der Waals surface area contributed by atoms with Gasteiger partial charge in [-0.15, -0.1) is 0 Å². The fourth-order valence-electron chi connectivity index (χ4n) is 1.96. The molecule has 0 saturated carbocycles. The molecule has 2 N–H and O–H groups in total. The maximum Gasteiger partial charge on any atom is 0.308 e. The second kappa shape index (κ2) is 6.58. The highest BCUT2D eigenvalue weighted by atomic mass is 32.2. The van der Waals surface area contributed by atoms with E-state index < -0.39 is 5.97 Å². The zero-order valence-corrected chi connectivity index (χ0v) is 12.6. The van der Waals surface area contributed by atoms with Crippen LogP contribution in [0.2, 0.25) is 0 Å². The molecule has 1 aromatic heterocycles. The van der Waals surface area contributed by atoms with E-state index in [0.717, 1.165) is 5.56 Å². The van der Waals surface area contributed by atoms with Gasteiger partial charge in [0.1, 0.15) is 0 Å². The molecule has 0 aliphatic carbocycles. The van der Waals surface area contributed by atoms with Crippen molar-refractivity contribution in [2.75, 3.05) is 0 Å². The number of H-pyrrole nitrogens is 1. The van der Waals surface area contributed by atoms with Crippen LogP contribution >= 0.6 is 11.8 Å². The summed E-state index contributed by atoms with van der Waals surface area (Å²) in [6.45, 7) is 3.69. The van der Waals surface area contributed by atoms with E-state index in [1.165, 1.54) is 11.8 Å². The van der Waals surface area contributed by atoms with Crippen molar-refractivity contribution >= 4 is 17.7 Å². The van der Waals surface area contributed by atoms with Crippen LogP contribution in [-0.2, 0) is 11.2 Å². The second-order valence-corrected chi connectivity index (χ2v) is 6.01. The first-order valence-corrected chi connectivity index (χ1v) is 7.38. The molecule has 1 heterocycles. The molecule has 0 fully saturated rings. The van der Waals surface area contributed by atoms with Gasteiger partial charge in [-0.05, 0) is 19.4 Å². The van der Waals surface area contributed by atoms with Crippen LogP contribution < -0.4 is 5.56 Å². The molecule has 2 rings (SSSR count). The standard InChI is InChI=1S/C15H16N2O3S/c1-9-12(8-13(18)19)14(20)17-15(16-9)21-10(2)11-6-4-3-5-7-11/h3-7,10H,8H2,1-2H3,(H,18,19)(H,16,17,20)/t10-/m1/s1. The lowest BCUT2D eigenvalue weighted by Gasteiger charge is -2.11. The number of hydrogen-bond acceptors (Lipinski definition) is 4. The van der Waals surface area contributed by atoms with Gasteiger partial charge in [-0.1, -0.05) is 42.1 Å². The Kier molecular flexibility index (Phi) is 4.80. The normalized spacial score (nSPS) is 12.1. The lowest BCUT2D eigenvalue weighted by Crippen LogP contribution is -2.20. The summed E-state index contributed by atoms with van der Waals surface area (Å²) in [5.74, 6) is -1.04. The van der Waals surface area contributed by atoms with Gasteiger partial charge in [0.2, 0.25) is 0 Å². The van der Waals surface area contributed by atoms with Crippen LogP contribution in [0.4, 0.5) is 0 Å². The highest BCUT2D eigenvalue weighted by Crippen LogP contribution is 2.32. The van der Waals surface area contributed by atoms with Crippen LogP contribution in [0.15, 0.2) is 40.3 Å². The predicted molar refractivity (Wildman–Crippen MR) is 81.6 cm³/mol. The molecule has 0 aliphatic heterocycles. The summed E-state index contributed by atoms with van der Waals surface area (Å²) >= 11 is 1.44. The molecule has 2 aromatic rings. The number of hydrogen-bond donors (Lipinski definition) is 2. The number of carboxylic acids is 1. The molecule has 0 aliphatic rings. The Morgan fingerprint density at radius 3 is 2.62 bits per heavy atom. The van der Waals surface area contributed by atoms with Gasteiger partial charge in [-0.3, -0.25) is 9.59 Å². The molecule has 1 atom stereocenters. The summed E-state index contributed by atoms with van der Waals surface area (Å²) in [6, 6.07) is 9.91. The van der Waals surface area contributed by atoms with E-state index in [-0.39, 0.29) is 22.8 Å². The highest BCUT2D eigenvalue weighted by molar-refractivity contribution is 7.99. The molecular formula is C15H16N2O3S. The lowest BCUT2D eigenvalue weighted by atomic mass is 10.2. The van der Waals surface area contributed by atoms with Crippen molar-refractivity contribution in [3.8, 4) is 0 Å². The molecule has 5 nitrogen and oxygen atoms in total. The Balaban J connectivity index is 2.22. The van der Waals surface area contributed by atoms with E-state index in [1.807, 2.05) is 37.3 Å². The topological polar surface area (TPSA) is 83.0 Å². The molecular weight excluding hydrogens is 288 g/mol. The minimum Gasteiger partial charge on any atom is -0.481 e. The van der Waals surface area contributed by atoms with Gasteiger partial charge in [0.15, 0.2) is 5.16 Å². The van der Waals surface area contributed by atoms with Crippen LogP contribution in [0.5, 0.6) is 0 Å². The van der Waals surface area contributed by atoms with Crippen LogP contribution in [-0.4, -0.2) is 21.0 Å². The first-order chi connectivity index (χ1) is 9.97. The summed E-state index contributed by atoms with van der Waals surface area (Å²) in [5.41, 5.74) is 1.42. The first-order valence-electron chi connectivity index (χ1n) is 6.50. The minimum absolute atomic E-state index is 0.138. The van der Waals surface area contributed by atoms with Crippen molar-refractivity contribution in [3.63, 3.8) is 0 Å². The predicted octanol–water partition coefficient (Wildman–Crippen LogP) is 2.56. The van der Waals surface area contributed by atoms with E-state index in [1.54, 1.807) is 6.92 Å². The Morgan fingerprint density at radius 2 is 2.05 bits per heavy atom. The molecule has 0 bridgehead atoms. The van der Waals surface area contributed by atoms with Crippen molar-refractivity contribution in [3.05, 3.63) is 57.5 Å². The third-order valence-corrected chi connectivity index (χ3v) is 4.13. The molecule has 6 heteroatoms. The molecule has 1 aromatic carbocycles. The van der Waals surface area contributed by atoms with Crippen molar-refractivity contribution in [2.24, 2.45) is 0 Å². The number of aryl methyl sites for hydroxylation is 1. The summed E-state index contributed by atoms with van der Waals surface area (Å²) in [7, 11) is 0. The smallest absolute Gasteiger partial charge is 0.308 e. The SMILES string of the molecule is Cc1nc(S[C@H](C)c2ccccc2)[nH]c(=O)c1CC(=O)O. The van der Waals surface area contributed by atoms with Crippen molar-refractivity contribution < 1.29 is 9.90 Å². The third kappa shape index (κ3) is 3.95. The average molecular weight is 304 g/mol. The van der Waals surface area contributed by atoms with Crippen molar-refractivity contribution in [2.45, 2.75) is 30.7 Å². The number of aromatic nitrogens is 2. The minimum atomic E-state index is -1.04. The van der Waals surface area contributed by atoms with E-state index in [2.05, 4.69) is 9.97 Å². The quantitative estimate of drug-likeness (QED) is 0.655. The molecule has 0 amide bonds. The number of aliphatic carboxylic acids is 1. The Hall–Kier alpha value is -2.08. The average Bonchev–Trinajstić information content (AvgIpc) is 2.43. The zero-order valence-electron chi connectivity index (χ0n) is 11.8. The van der Waals surface area contributed by atoms with E-state index >= 15 is 0 Å². The number of nitrogens with one attached hydrogen (secondary N) is 1. The van der Waals surface area contributed by atoms with Crippen LogP contribution in [0.1, 0.15) is 29.0 Å². The number of carbonyl (C=O) groups is 1. The van der Waals surface area contributed by atoms with Crippen molar-refractivity contribution in [1.82, 2.24) is 9.97 Å². The van der Waals surface area contributed by atoms with E-state index in [9.17, 15) is 9.59 Å². The van der Waals surface area contributed by atoms with Gasteiger partial charge < -0.3 is 10.1 Å². The maximum atomic E-state index is 11.9. The Labute approximate surface area is 126 Å². The number of rotatable bonds is 5. The summed E-state index contributed by atoms with van der Waals surface area (Å²) in [6.07, 6.45) is -0.312. The molecule has 0 spiro atoms. The van der Waals surface area contributed by atoms with Crippen molar-refractivity contribution in [1.29, 1.82) is 0 Å². The van der Waals surface area contributed by atoms with Gasteiger partial charge in [-0.2, -0.15) is 0 Å². The number of aromatic amines is 1.